The molecule has 0 radical (unpaired) electrons. The van der Waals surface area contributed by atoms with E-state index >= 15 is 0 Å². The molecule has 1 saturated carbocycles. The molecule has 3 heteroatoms. The minimum absolute atomic E-state index is 0.0318. The monoisotopic (exact) mass is 232 g/mol. The second-order valence-corrected chi connectivity index (χ2v) is 5.50. The largest absolute Gasteiger partial charge is 0.326 e. The van der Waals surface area contributed by atoms with Gasteiger partial charge in [0.15, 0.2) is 0 Å². The van der Waals surface area contributed by atoms with Crippen molar-refractivity contribution in [3.05, 3.63) is 29.8 Å². The molecule has 0 bridgehead atoms. The van der Waals surface area contributed by atoms with Crippen molar-refractivity contribution in [3.8, 4) is 0 Å². The van der Waals surface area contributed by atoms with Crippen LogP contribution in [0.5, 0.6) is 0 Å². The van der Waals surface area contributed by atoms with Gasteiger partial charge < -0.3 is 10.6 Å². The van der Waals surface area contributed by atoms with E-state index in [0.29, 0.717) is 11.5 Å². The zero-order chi connectivity index (χ0) is 12.5. The summed E-state index contributed by atoms with van der Waals surface area (Å²) in [6, 6.07) is 8.63. The summed E-state index contributed by atoms with van der Waals surface area (Å²) in [5.74, 6) is -0.0318. The highest BCUT2D eigenvalue weighted by atomic mass is 16.1. The van der Waals surface area contributed by atoms with Crippen LogP contribution in [-0.4, -0.2) is 11.9 Å². The van der Waals surface area contributed by atoms with Crippen molar-refractivity contribution in [1.82, 2.24) is 5.32 Å². The summed E-state index contributed by atoms with van der Waals surface area (Å²) in [5, 5.41) is 6.30. The van der Waals surface area contributed by atoms with Gasteiger partial charge in [-0.1, -0.05) is 26.0 Å². The summed E-state index contributed by atoms with van der Waals surface area (Å²) in [5.41, 5.74) is 2.57. The molecule has 0 aliphatic heterocycles. The molecule has 1 fully saturated rings. The molecule has 0 saturated heterocycles. The normalized spacial score (nSPS) is 21.0. The van der Waals surface area contributed by atoms with Crippen LogP contribution in [0.3, 0.4) is 0 Å². The smallest absolute Gasteiger partial charge is 0.221 e. The molecule has 92 valence electrons. The molecule has 0 aromatic heterocycles. The maximum absolute atomic E-state index is 10.9. The standard InChI is InChI=1S/C14H20N2O/c1-10(17)16-12-6-4-11(5-7-12)9-15-13-8-14(13,2)3/h4-7,13,15H,8-9H2,1-3H3,(H,16,17). The lowest BCUT2D eigenvalue weighted by atomic mass is 10.1. The number of anilines is 1. The number of benzene rings is 1. The molecular weight excluding hydrogens is 212 g/mol. The predicted molar refractivity (Wildman–Crippen MR) is 69.8 cm³/mol. The van der Waals surface area contributed by atoms with Crippen LogP contribution in [0.25, 0.3) is 0 Å². The molecule has 0 spiro atoms. The van der Waals surface area contributed by atoms with Crippen molar-refractivity contribution < 1.29 is 4.79 Å². The first kappa shape index (κ1) is 12.1. The van der Waals surface area contributed by atoms with E-state index in [0.717, 1.165) is 12.2 Å². The molecule has 2 N–H and O–H groups in total. The van der Waals surface area contributed by atoms with Gasteiger partial charge in [0.2, 0.25) is 5.91 Å². The summed E-state index contributed by atoms with van der Waals surface area (Å²) in [6.45, 7) is 6.98. The third-order valence-electron chi connectivity index (χ3n) is 3.34. The van der Waals surface area contributed by atoms with Crippen molar-refractivity contribution in [2.75, 3.05) is 5.32 Å². The molecule has 1 aliphatic carbocycles. The lowest BCUT2D eigenvalue weighted by Gasteiger charge is -2.07. The fraction of sp³-hybridized carbons (Fsp3) is 0.500. The van der Waals surface area contributed by atoms with Crippen molar-refractivity contribution in [1.29, 1.82) is 0 Å². The molecule has 1 amide bonds. The van der Waals surface area contributed by atoms with E-state index in [1.807, 2.05) is 24.3 Å². The average molecular weight is 232 g/mol. The molecule has 2 rings (SSSR count). The first-order chi connectivity index (χ1) is 7.97. The SMILES string of the molecule is CC(=O)Nc1ccc(CNC2CC2(C)C)cc1. The van der Waals surface area contributed by atoms with E-state index in [1.165, 1.54) is 18.9 Å². The number of rotatable bonds is 4. The van der Waals surface area contributed by atoms with Crippen LogP contribution < -0.4 is 10.6 Å². The third-order valence-corrected chi connectivity index (χ3v) is 3.34. The molecule has 1 atom stereocenters. The van der Waals surface area contributed by atoms with Crippen LogP contribution in [0.1, 0.15) is 32.8 Å². The van der Waals surface area contributed by atoms with Crippen LogP contribution in [0.4, 0.5) is 5.69 Å². The van der Waals surface area contributed by atoms with E-state index < -0.39 is 0 Å². The Bertz CT molecular complexity index is 409. The first-order valence-corrected chi connectivity index (χ1v) is 6.07. The fourth-order valence-electron chi connectivity index (χ4n) is 1.97. The average Bonchev–Trinajstić information content (AvgIpc) is 2.85. The van der Waals surface area contributed by atoms with Crippen molar-refractivity contribution in [2.45, 2.75) is 39.8 Å². The Morgan fingerprint density at radius 2 is 1.94 bits per heavy atom. The topological polar surface area (TPSA) is 41.1 Å². The quantitative estimate of drug-likeness (QED) is 0.837. The Morgan fingerprint density at radius 3 is 2.41 bits per heavy atom. The Balaban J connectivity index is 1.84. The summed E-state index contributed by atoms with van der Waals surface area (Å²) < 4.78 is 0. The first-order valence-electron chi connectivity index (χ1n) is 6.07. The van der Waals surface area contributed by atoms with Gasteiger partial charge in [0.05, 0.1) is 0 Å². The highest BCUT2D eigenvalue weighted by Gasteiger charge is 2.44. The molecule has 17 heavy (non-hydrogen) atoms. The van der Waals surface area contributed by atoms with Crippen molar-refractivity contribution in [2.24, 2.45) is 5.41 Å². The zero-order valence-electron chi connectivity index (χ0n) is 10.7. The van der Waals surface area contributed by atoms with Crippen LogP contribution in [0.15, 0.2) is 24.3 Å². The zero-order valence-corrected chi connectivity index (χ0v) is 10.7. The predicted octanol–water partition coefficient (Wildman–Crippen LogP) is 2.53. The molecule has 3 nitrogen and oxygen atoms in total. The lowest BCUT2D eigenvalue weighted by molar-refractivity contribution is -0.114. The second-order valence-electron chi connectivity index (χ2n) is 5.50. The number of hydrogen-bond donors (Lipinski definition) is 2. The van der Waals surface area contributed by atoms with Gasteiger partial charge in [0, 0.05) is 25.2 Å². The minimum atomic E-state index is -0.0318. The van der Waals surface area contributed by atoms with Crippen LogP contribution in [0, 0.1) is 5.41 Å². The molecule has 1 aromatic rings. The summed E-state index contributed by atoms with van der Waals surface area (Å²) >= 11 is 0. The lowest BCUT2D eigenvalue weighted by Crippen LogP contribution is -2.19. The Morgan fingerprint density at radius 1 is 1.35 bits per heavy atom. The van der Waals surface area contributed by atoms with Crippen molar-refractivity contribution in [3.63, 3.8) is 0 Å². The van der Waals surface area contributed by atoms with E-state index in [2.05, 4.69) is 24.5 Å². The van der Waals surface area contributed by atoms with Gasteiger partial charge in [0.25, 0.3) is 0 Å². The van der Waals surface area contributed by atoms with Gasteiger partial charge in [0.1, 0.15) is 0 Å². The van der Waals surface area contributed by atoms with Gasteiger partial charge in [-0.2, -0.15) is 0 Å². The molecule has 0 heterocycles. The van der Waals surface area contributed by atoms with Gasteiger partial charge in [-0.25, -0.2) is 0 Å². The number of nitrogens with one attached hydrogen (secondary N) is 2. The maximum Gasteiger partial charge on any atom is 0.221 e. The fourth-order valence-corrected chi connectivity index (χ4v) is 1.97. The van der Waals surface area contributed by atoms with E-state index in [9.17, 15) is 4.79 Å². The van der Waals surface area contributed by atoms with Gasteiger partial charge in [-0.05, 0) is 29.5 Å². The highest BCUT2D eigenvalue weighted by molar-refractivity contribution is 5.88. The third kappa shape index (κ3) is 3.30. The van der Waals surface area contributed by atoms with E-state index in [4.69, 9.17) is 0 Å². The van der Waals surface area contributed by atoms with Crippen molar-refractivity contribution >= 4 is 11.6 Å². The minimum Gasteiger partial charge on any atom is -0.326 e. The van der Waals surface area contributed by atoms with Gasteiger partial charge in [-0.3, -0.25) is 4.79 Å². The molecule has 1 aromatic carbocycles. The Labute approximate surface area is 103 Å². The summed E-state index contributed by atoms with van der Waals surface area (Å²) in [4.78, 5) is 10.9. The summed E-state index contributed by atoms with van der Waals surface area (Å²) in [6.07, 6.45) is 1.26. The number of amides is 1. The number of carbonyl (C=O) groups excluding carboxylic acids is 1. The summed E-state index contributed by atoms with van der Waals surface area (Å²) in [7, 11) is 0. The Hall–Kier alpha value is -1.35. The highest BCUT2D eigenvalue weighted by Crippen LogP contribution is 2.44. The van der Waals surface area contributed by atoms with Gasteiger partial charge >= 0.3 is 0 Å². The molecular formula is C14H20N2O. The van der Waals surface area contributed by atoms with E-state index in [1.54, 1.807) is 0 Å². The van der Waals surface area contributed by atoms with Crippen LogP contribution in [-0.2, 0) is 11.3 Å². The number of carbonyl (C=O) groups is 1. The van der Waals surface area contributed by atoms with Crippen LogP contribution >= 0.6 is 0 Å². The van der Waals surface area contributed by atoms with E-state index in [-0.39, 0.29) is 5.91 Å². The second kappa shape index (κ2) is 4.49. The van der Waals surface area contributed by atoms with Crippen LogP contribution in [0.2, 0.25) is 0 Å². The molecule has 1 unspecified atom stereocenters. The van der Waals surface area contributed by atoms with Gasteiger partial charge in [-0.15, -0.1) is 0 Å². The molecule has 1 aliphatic rings. The Kier molecular flexibility index (Phi) is 3.20. The maximum atomic E-state index is 10.9. The number of hydrogen-bond acceptors (Lipinski definition) is 2.